The second-order valence-corrected chi connectivity index (χ2v) is 5.33. The van der Waals surface area contributed by atoms with Crippen LogP contribution in [0.25, 0.3) is 0 Å². The Morgan fingerprint density at radius 3 is 2.67 bits per heavy atom. The first-order valence-corrected chi connectivity index (χ1v) is 7.36. The molecule has 1 heterocycles. The molecular weight excluding hydrogens is 264 g/mol. The van der Waals surface area contributed by atoms with Crippen molar-refractivity contribution in [3.63, 3.8) is 0 Å². The highest BCUT2D eigenvalue weighted by atomic mass is 16.5. The van der Waals surface area contributed by atoms with E-state index in [-0.39, 0.29) is 6.04 Å². The van der Waals surface area contributed by atoms with Crippen LogP contribution in [0.4, 0.5) is 11.5 Å². The Morgan fingerprint density at radius 1 is 1.29 bits per heavy atom. The first kappa shape index (κ1) is 15.2. The van der Waals surface area contributed by atoms with Gasteiger partial charge in [0.2, 0.25) is 0 Å². The van der Waals surface area contributed by atoms with Gasteiger partial charge in [-0.15, -0.1) is 0 Å². The van der Waals surface area contributed by atoms with Crippen molar-refractivity contribution in [1.82, 2.24) is 9.78 Å². The number of ether oxygens (including phenoxy) is 1. The van der Waals surface area contributed by atoms with E-state index in [2.05, 4.69) is 24.3 Å². The van der Waals surface area contributed by atoms with Gasteiger partial charge in [0.15, 0.2) is 0 Å². The van der Waals surface area contributed by atoms with E-state index in [1.165, 1.54) is 0 Å². The third-order valence-electron chi connectivity index (χ3n) is 3.25. The van der Waals surface area contributed by atoms with E-state index in [1.807, 2.05) is 41.9 Å². The van der Waals surface area contributed by atoms with Crippen LogP contribution in [0.2, 0.25) is 0 Å². The second kappa shape index (κ2) is 7.02. The van der Waals surface area contributed by atoms with Gasteiger partial charge in [-0.05, 0) is 39.3 Å². The molecule has 0 saturated carbocycles. The molecule has 0 spiro atoms. The molecule has 0 aliphatic rings. The molecule has 0 bridgehead atoms. The standard InChI is InChI=1S/C16H24N4O/c1-12(2)20-16(15(17)13(3)19-20)18-10-7-11-21-14-8-5-4-6-9-14/h4-6,8-9,12,18H,7,10-11,17H2,1-3H3. The van der Waals surface area contributed by atoms with Gasteiger partial charge in [0.1, 0.15) is 11.6 Å². The fourth-order valence-electron chi connectivity index (χ4n) is 2.10. The Hall–Kier alpha value is -2.17. The van der Waals surface area contributed by atoms with Crippen LogP contribution in [-0.4, -0.2) is 22.9 Å². The molecule has 5 nitrogen and oxygen atoms in total. The minimum absolute atomic E-state index is 0.282. The maximum Gasteiger partial charge on any atom is 0.148 e. The van der Waals surface area contributed by atoms with Gasteiger partial charge >= 0.3 is 0 Å². The lowest BCUT2D eigenvalue weighted by Gasteiger charge is -2.13. The van der Waals surface area contributed by atoms with Crippen LogP contribution >= 0.6 is 0 Å². The van der Waals surface area contributed by atoms with Gasteiger partial charge in [-0.3, -0.25) is 0 Å². The SMILES string of the molecule is Cc1nn(C(C)C)c(NCCCOc2ccccc2)c1N. The molecule has 0 radical (unpaired) electrons. The summed E-state index contributed by atoms with van der Waals surface area (Å²) >= 11 is 0. The predicted octanol–water partition coefficient (Wildman–Crippen LogP) is 3.24. The Balaban J connectivity index is 1.81. The van der Waals surface area contributed by atoms with Gasteiger partial charge in [0.25, 0.3) is 0 Å². The summed E-state index contributed by atoms with van der Waals surface area (Å²) in [6, 6.07) is 10.1. The molecule has 5 heteroatoms. The molecule has 0 fully saturated rings. The number of rotatable bonds is 7. The molecule has 2 rings (SSSR count). The van der Waals surface area contributed by atoms with Crippen LogP contribution in [0, 0.1) is 6.92 Å². The number of benzene rings is 1. The van der Waals surface area contributed by atoms with E-state index >= 15 is 0 Å². The Morgan fingerprint density at radius 2 is 2.00 bits per heavy atom. The normalized spacial score (nSPS) is 10.9. The number of aromatic nitrogens is 2. The van der Waals surface area contributed by atoms with E-state index in [1.54, 1.807) is 0 Å². The number of hydrogen-bond acceptors (Lipinski definition) is 4. The first-order chi connectivity index (χ1) is 10.1. The maximum atomic E-state index is 6.07. The zero-order valence-corrected chi connectivity index (χ0v) is 13.0. The third kappa shape index (κ3) is 3.90. The minimum atomic E-state index is 0.282. The number of aryl methyl sites for hydroxylation is 1. The number of nitrogens with two attached hydrogens (primary N) is 1. The molecule has 114 valence electrons. The number of para-hydroxylation sites is 1. The summed E-state index contributed by atoms with van der Waals surface area (Å²) < 4.78 is 7.60. The summed E-state index contributed by atoms with van der Waals surface area (Å²) in [7, 11) is 0. The maximum absolute atomic E-state index is 6.07. The average molecular weight is 288 g/mol. The lowest BCUT2D eigenvalue weighted by Crippen LogP contribution is -2.13. The smallest absolute Gasteiger partial charge is 0.148 e. The predicted molar refractivity (Wildman–Crippen MR) is 86.8 cm³/mol. The Kier molecular flexibility index (Phi) is 5.09. The molecule has 0 amide bonds. The summed E-state index contributed by atoms with van der Waals surface area (Å²) in [5.41, 5.74) is 7.67. The second-order valence-electron chi connectivity index (χ2n) is 5.33. The van der Waals surface area contributed by atoms with Crippen molar-refractivity contribution < 1.29 is 4.74 Å². The highest BCUT2D eigenvalue weighted by Crippen LogP contribution is 2.25. The van der Waals surface area contributed by atoms with Crippen molar-refractivity contribution in [2.24, 2.45) is 0 Å². The lowest BCUT2D eigenvalue weighted by molar-refractivity contribution is 0.315. The van der Waals surface area contributed by atoms with E-state index < -0.39 is 0 Å². The average Bonchev–Trinajstić information content (AvgIpc) is 2.76. The molecule has 2 aromatic rings. The third-order valence-corrected chi connectivity index (χ3v) is 3.25. The van der Waals surface area contributed by atoms with Gasteiger partial charge in [-0.1, -0.05) is 18.2 Å². The van der Waals surface area contributed by atoms with Crippen LogP contribution in [0.15, 0.2) is 30.3 Å². The van der Waals surface area contributed by atoms with Crippen molar-refractivity contribution in [2.75, 3.05) is 24.2 Å². The van der Waals surface area contributed by atoms with Crippen LogP contribution in [0.3, 0.4) is 0 Å². The van der Waals surface area contributed by atoms with Crippen molar-refractivity contribution in [3.05, 3.63) is 36.0 Å². The van der Waals surface area contributed by atoms with Crippen LogP contribution in [0.1, 0.15) is 32.0 Å². The first-order valence-electron chi connectivity index (χ1n) is 7.36. The number of hydrogen-bond donors (Lipinski definition) is 2. The number of nitrogens with zero attached hydrogens (tertiary/aromatic N) is 2. The van der Waals surface area contributed by atoms with Crippen molar-refractivity contribution in [3.8, 4) is 5.75 Å². The number of nitrogen functional groups attached to an aromatic ring is 1. The van der Waals surface area contributed by atoms with Crippen LogP contribution in [-0.2, 0) is 0 Å². The highest BCUT2D eigenvalue weighted by molar-refractivity contribution is 5.64. The molecule has 21 heavy (non-hydrogen) atoms. The molecule has 0 atom stereocenters. The monoisotopic (exact) mass is 288 g/mol. The Labute approximate surface area is 126 Å². The van der Waals surface area contributed by atoms with E-state index in [0.717, 1.165) is 35.9 Å². The summed E-state index contributed by atoms with van der Waals surface area (Å²) in [5.74, 6) is 1.81. The van der Waals surface area contributed by atoms with Crippen LogP contribution in [0.5, 0.6) is 5.75 Å². The molecule has 1 aromatic heterocycles. The zero-order chi connectivity index (χ0) is 15.2. The minimum Gasteiger partial charge on any atom is -0.494 e. The van der Waals surface area contributed by atoms with Crippen molar-refractivity contribution in [2.45, 2.75) is 33.2 Å². The van der Waals surface area contributed by atoms with Gasteiger partial charge in [0, 0.05) is 12.6 Å². The lowest BCUT2D eigenvalue weighted by atomic mass is 10.3. The van der Waals surface area contributed by atoms with E-state index in [4.69, 9.17) is 10.5 Å². The molecule has 0 aliphatic carbocycles. The Bertz CT molecular complexity index is 563. The highest BCUT2D eigenvalue weighted by Gasteiger charge is 2.13. The topological polar surface area (TPSA) is 65.1 Å². The molecule has 0 saturated heterocycles. The zero-order valence-electron chi connectivity index (χ0n) is 13.0. The van der Waals surface area contributed by atoms with E-state index in [0.29, 0.717) is 6.61 Å². The summed E-state index contributed by atoms with van der Waals surface area (Å²) in [6.45, 7) is 7.59. The molecule has 1 aromatic carbocycles. The summed E-state index contributed by atoms with van der Waals surface area (Å²) in [6.07, 6.45) is 0.899. The largest absolute Gasteiger partial charge is 0.494 e. The number of anilines is 2. The summed E-state index contributed by atoms with van der Waals surface area (Å²) in [5, 5.41) is 7.82. The van der Waals surface area contributed by atoms with Gasteiger partial charge in [-0.25, -0.2) is 4.68 Å². The van der Waals surface area contributed by atoms with Gasteiger partial charge < -0.3 is 15.8 Å². The quantitative estimate of drug-likeness (QED) is 0.768. The van der Waals surface area contributed by atoms with E-state index in [9.17, 15) is 0 Å². The summed E-state index contributed by atoms with van der Waals surface area (Å²) in [4.78, 5) is 0. The molecule has 0 unspecified atom stereocenters. The van der Waals surface area contributed by atoms with Crippen molar-refractivity contribution in [1.29, 1.82) is 0 Å². The molecule has 3 N–H and O–H groups in total. The fourth-order valence-corrected chi connectivity index (χ4v) is 2.10. The van der Waals surface area contributed by atoms with Crippen molar-refractivity contribution >= 4 is 11.5 Å². The van der Waals surface area contributed by atoms with Gasteiger partial charge in [0.05, 0.1) is 18.0 Å². The molecule has 0 aliphatic heterocycles. The number of nitrogens with one attached hydrogen (secondary N) is 1. The fraction of sp³-hybridized carbons (Fsp3) is 0.438. The molecular formula is C16H24N4O. The van der Waals surface area contributed by atoms with Gasteiger partial charge in [-0.2, -0.15) is 5.10 Å². The van der Waals surface area contributed by atoms with Crippen LogP contribution < -0.4 is 15.8 Å².